The predicted molar refractivity (Wildman–Crippen MR) is 132 cm³/mol. The molecular formula is C26H32N4O3S. The maximum Gasteiger partial charge on any atom is 0.244 e. The molecule has 2 fully saturated rings. The van der Waals surface area contributed by atoms with Gasteiger partial charge in [-0.15, -0.1) is 0 Å². The zero-order valence-corrected chi connectivity index (χ0v) is 20.9. The van der Waals surface area contributed by atoms with Crippen LogP contribution in [0.2, 0.25) is 0 Å². The summed E-state index contributed by atoms with van der Waals surface area (Å²) < 4.78 is 28.8. The summed E-state index contributed by atoms with van der Waals surface area (Å²) in [6, 6.07) is 12.8. The summed E-state index contributed by atoms with van der Waals surface area (Å²) in [5, 5.41) is 9.02. The van der Waals surface area contributed by atoms with Crippen LogP contribution in [0.3, 0.4) is 0 Å². The molecule has 2 saturated heterocycles. The van der Waals surface area contributed by atoms with Gasteiger partial charge in [0.05, 0.1) is 16.5 Å². The molecule has 1 atom stereocenters. The molecule has 2 aliphatic heterocycles. The Kier molecular flexibility index (Phi) is 6.96. The van der Waals surface area contributed by atoms with Gasteiger partial charge in [-0.25, -0.2) is 8.42 Å². The lowest BCUT2D eigenvalue weighted by molar-refractivity contribution is -0.134. The van der Waals surface area contributed by atoms with E-state index in [-0.39, 0.29) is 5.91 Å². The number of anilines is 1. The number of benzene rings is 2. The molecule has 180 valence electrons. The van der Waals surface area contributed by atoms with E-state index in [2.05, 4.69) is 11.0 Å². The Morgan fingerprint density at radius 2 is 1.62 bits per heavy atom. The van der Waals surface area contributed by atoms with Crippen LogP contribution >= 0.6 is 0 Å². The van der Waals surface area contributed by atoms with Crippen LogP contribution in [-0.4, -0.2) is 62.3 Å². The Bertz CT molecular complexity index is 1190. The van der Waals surface area contributed by atoms with Gasteiger partial charge in [-0.1, -0.05) is 17.7 Å². The smallest absolute Gasteiger partial charge is 0.244 e. The average molecular weight is 481 g/mol. The van der Waals surface area contributed by atoms with E-state index in [1.165, 1.54) is 4.31 Å². The molecule has 2 heterocycles. The van der Waals surface area contributed by atoms with Gasteiger partial charge < -0.3 is 9.80 Å². The van der Waals surface area contributed by atoms with Gasteiger partial charge in [0.15, 0.2) is 0 Å². The number of nitriles is 1. The van der Waals surface area contributed by atoms with E-state index < -0.39 is 16.1 Å². The van der Waals surface area contributed by atoms with E-state index in [9.17, 15) is 13.2 Å². The number of aryl methyl sites for hydroxylation is 3. The van der Waals surface area contributed by atoms with E-state index in [0.29, 0.717) is 49.5 Å². The van der Waals surface area contributed by atoms with Crippen LogP contribution in [0.5, 0.6) is 0 Å². The number of rotatable bonds is 4. The summed E-state index contributed by atoms with van der Waals surface area (Å²) >= 11 is 0. The number of sulfonamides is 1. The van der Waals surface area contributed by atoms with Crippen LogP contribution < -0.4 is 4.90 Å². The van der Waals surface area contributed by atoms with Gasteiger partial charge >= 0.3 is 0 Å². The summed E-state index contributed by atoms with van der Waals surface area (Å²) in [6.07, 6.45) is 2.05. The maximum absolute atomic E-state index is 13.7. The lowest BCUT2D eigenvalue weighted by Crippen LogP contribution is -2.48. The van der Waals surface area contributed by atoms with Gasteiger partial charge in [0.2, 0.25) is 15.9 Å². The topological polar surface area (TPSA) is 84.7 Å². The molecule has 2 aliphatic rings. The number of carbonyl (C=O) groups excluding carboxylic acids is 1. The van der Waals surface area contributed by atoms with Crippen molar-refractivity contribution in [3.05, 3.63) is 58.7 Å². The Balaban J connectivity index is 1.50. The molecule has 8 heteroatoms. The van der Waals surface area contributed by atoms with Crippen molar-refractivity contribution in [2.24, 2.45) is 0 Å². The average Bonchev–Trinajstić information content (AvgIpc) is 3.17. The van der Waals surface area contributed by atoms with Crippen molar-refractivity contribution < 1.29 is 13.2 Å². The van der Waals surface area contributed by atoms with Crippen molar-refractivity contribution >= 4 is 21.6 Å². The molecule has 0 aliphatic carbocycles. The normalized spacial score (nSPS) is 19.6. The second kappa shape index (κ2) is 9.77. The maximum atomic E-state index is 13.7. The molecule has 1 amide bonds. The highest BCUT2D eigenvalue weighted by Crippen LogP contribution is 2.31. The molecule has 0 radical (unpaired) electrons. The van der Waals surface area contributed by atoms with Crippen LogP contribution in [0.1, 0.15) is 41.5 Å². The number of hydrogen-bond acceptors (Lipinski definition) is 5. The summed E-state index contributed by atoms with van der Waals surface area (Å²) in [5.41, 5.74) is 4.13. The van der Waals surface area contributed by atoms with Crippen molar-refractivity contribution in [1.29, 1.82) is 5.26 Å². The summed E-state index contributed by atoms with van der Waals surface area (Å²) in [5.74, 6) is -0.0924. The summed E-state index contributed by atoms with van der Waals surface area (Å²) in [4.78, 5) is 17.9. The minimum atomic E-state index is -3.77. The van der Waals surface area contributed by atoms with Crippen LogP contribution in [-0.2, 0) is 14.8 Å². The molecule has 7 nitrogen and oxygen atoms in total. The largest absolute Gasteiger partial charge is 0.370 e. The highest BCUT2D eigenvalue weighted by atomic mass is 32.2. The van der Waals surface area contributed by atoms with Crippen molar-refractivity contribution in [1.82, 2.24) is 9.21 Å². The van der Waals surface area contributed by atoms with Crippen molar-refractivity contribution in [3.8, 4) is 6.07 Å². The first-order valence-corrected chi connectivity index (χ1v) is 13.3. The lowest BCUT2D eigenvalue weighted by Gasteiger charge is -2.30. The molecule has 0 bridgehead atoms. The van der Waals surface area contributed by atoms with E-state index in [1.807, 2.05) is 49.9 Å². The van der Waals surface area contributed by atoms with Gasteiger partial charge in [0, 0.05) is 38.4 Å². The molecule has 1 unspecified atom stereocenters. The standard InChI is InChI=1S/C26H32N4O3S/c1-19-16-20(2)25(21(3)17-19)34(32,33)30-13-4-6-24(30)26(31)29-12-5-11-28(14-15-29)23-9-7-22(18-27)8-10-23/h7-10,16-17,24H,4-6,11-15H2,1-3H3. The molecule has 2 aromatic carbocycles. The SMILES string of the molecule is Cc1cc(C)c(S(=O)(=O)N2CCCC2C(=O)N2CCCN(c3ccc(C#N)cc3)CC2)c(C)c1. The molecule has 0 spiro atoms. The quantitative estimate of drug-likeness (QED) is 0.670. The Labute approximate surface area is 202 Å². The van der Waals surface area contributed by atoms with Gasteiger partial charge in [0.25, 0.3) is 0 Å². The molecule has 2 aromatic rings. The molecular weight excluding hydrogens is 448 g/mol. The van der Waals surface area contributed by atoms with Gasteiger partial charge in [0.1, 0.15) is 6.04 Å². The highest BCUT2D eigenvalue weighted by molar-refractivity contribution is 7.89. The van der Waals surface area contributed by atoms with Crippen LogP contribution in [0.25, 0.3) is 0 Å². The molecule has 0 aromatic heterocycles. The Hall–Kier alpha value is -2.89. The first-order valence-electron chi connectivity index (χ1n) is 11.9. The number of nitrogens with zero attached hydrogens (tertiary/aromatic N) is 4. The summed E-state index contributed by atoms with van der Waals surface area (Å²) in [6.45, 7) is 8.62. The third kappa shape index (κ3) is 4.68. The zero-order chi connectivity index (χ0) is 24.5. The Morgan fingerprint density at radius 3 is 2.26 bits per heavy atom. The molecule has 4 rings (SSSR count). The Morgan fingerprint density at radius 1 is 0.941 bits per heavy atom. The zero-order valence-electron chi connectivity index (χ0n) is 20.1. The van der Waals surface area contributed by atoms with Gasteiger partial charge in [-0.2, -0.15) is 9.57 Å². The summed E-state index contributed by atoms with van der Waals surface area (Å²) in [7, 11) is -3.77. The van der Waals surface area contributed by atoms with E-state index in [0.717, 1.165) is 35.3 Å². The minimum absolute atomic E-state index is 0.0924. The van der Waals surface area contributed by atoms with Crippen molar-refractivity contribution in [2.45, 2.75) is 51.0 Å². The fraction of sp³-hybridized carbons (Fsp3) is 0.462. The van der Waals surface area contributed by atoms with Crippen LogP contribution in [0, 0.1) is 32.1 Å². The third-order valence-corrected chi connectivity index (χ3v) is 9.04. The predicted octanol–water partition coefficient (Wildman–Crippen LogP) is 3.38. The fourth-order valence-electron chi connectivity index (χ4n) is 5.32. The number of carbonyl (C=O) groups is 1. The lowest BCUT2D eigenvalue weighted by atomic mass is 10.1. The highest BCUT2D eigenvalue weighted by Gasteiger charge is 2.42. The molecule has 34 heavy (non-hydrogen) atoms. The molecule has 0 N–H and O–H groups in total. The van der Waals surface area contributed by atoms with Crippen LogP contribution in [0.4, 0.5) is 5.69 Å². The molecule has 0 saturated carbocycles. The van der Waals surface area contributed by atoms with Gasteiger partial charge in [-0.3, -0.25) is 4.79 Å². The van der Waals surface area contributed by atoms with E-state index in [1.54, 1.807) is 12.1 Å². The fourth-order valence-corrected chi connectivity index (χ4v) is 7.39. The monoisotopic (exact) mass is 480 g/mol. The second-order valence-corrected chi connectivity index (χ2v) is 11.2. The first-order chi connectivity index (χ1) is 16.2. The van der Waals surface area contributed by atoms with Crippen molar-refractivity contribution in [3.63, 3.8) is 0 Å². The van der Waals surface area contributed by atoms with E-state index >= 15 is 0 Å². The second-order valence-electron chi connectivity index (χ2n) is 9.33. The minimum Gasteiger partial charge on any atom is -0.370 e. The van der Waals surface area contributed by atoms with Gasteiger partial charge in [-0.05, 0) is 75.4 Å². The van der Waals surface area contributed by atoms with Crippen molar-refractivity contribution in [2.75, 3.05) is 37.6 Å². The van der Waals surface area contributed by atoms with E-state index in [4.69, 9.17) is 5.26 Å². The third-order valence-electron chi connectivity index (χ3n) is 6.83. The number of amides is 1. The van der Waals surface area contributed by atoms with Crippen LogP contribution in [0.15, 0.2) is 41.3 Å². The number of hydrogen-bond donors (Lipinski definition) is 0. The first kappa shape index (κ1) is 24.2.